The molecule has 18 heavy (non-hydrogen) atoms. The Morgan fingerprint density at radius 1 is 1.50 bits per heavy atom. The van der Waals surface area contributed by atoms with Crippen molar-refractivity contribution < 1.29 is 9.47 Å². The monoisotopic (exact) mass is 330 g/mol. The smallest absolute Gasteiger partial charge is 0.105 e. The Morgan fingerprint density at radius 2 is 2.33 bits per heavy atom. The third-order valence-electron chi connectivity index (χ3n) is 2.65. The average molecular weight is 331 g/mol. The van der Waals surface area contributed by atoms with Gasteiger partial charge < -0.3 is 20.5 Å². The van der Waals surface area contributed by atoms with Gasteiger partial charge in [0, 0.05) is 22.3 Å². The highest BCUT2D eigenvalue weighted by molar-refractivity contribution is 9.10. The number of anilines is 1. The second kappa shape index (κ2) is 6.47. The molecule has 2 rings (SSSR count). The minimum Gasteiger partial charge on any atom is -0.389 e. The summed E-state index contributed by atoms with van der Waals surface area (Å²) in [4.78, 5) is 0.387. The van der Waals surface area contributed by atoms with E-state index < -0.39 is 0 Å². The molecule has 4 nitrogen and oxygen atoms in total. The maximum atomic E-state index is 5.60. The van der Waals surface area contributed by atoms with Gasteiger partial charge in [-0.1, -0.05) is 12.2 Å². The first-order valence-corrected chi connectivity index (χ1v) is 6.89. The van der Waals surface area contributed by atoms with E-state index in [0.29, 0.717) is 24.8 Å². The molecule has 3 N–H and O–H groups in total. The molecule has 6 heteroatoms. The molecule has 1 atom stereocenters. The molecule has 98 valence electrons. The molecule has 1 aromatic carbocycles. The van der Waals surface area contributed by atoms with Crippen LogP contribution >= 0.6 is 28.1 Å². The quantitative estimate of drug-likeness (QED) is 0.826. The molecule has 1 aliphatic rings. The first kappa shape index (κ1) is 13.7. The summed E-state index contributed by atoms with van der Waals surface area (Å²) in [5.41, 5.74) is 7.44. The van der Waals surface area contributed by atoms with Gasteiger partial charge in [-0.25, -0.2) is 0 Å². The van der Waals surface area contributed by atoms with Crippen LogP contribution in [0.4, 0.5) is 5.69 Å². The van der Waals surface area contributed by atoms with Crippen molar-refractivity contribution in [3.63, 3.8) is 0 Å². The van der Waals surface area contributed by atoms with Gasteiger partial charge in [0.2, 0.25) is 0 Å². The van der Waals surface area contributed by atoms with Crippen LogP contribution in [-0.4, -0.2) is 37.5 Å². The number of halogens is 1. The van der Waals surface area contributed by atoms with Crippen molar-refractivity contribution in [2.45, 2.75) is 6.10 Å². The topological polar surface area (TPSA) is 56.5 Å². The average Bonchev–Trinajstić information content (AvgIpc) is 2.37. The van der Waals surface area contributed by atoms with Crippen LogP contribution in [0, 0.1) is 0 Å². The molecule has 0 amide bonds. The predicted molar refractivity (Wildman–Crippen MR) is 79.1 cm³/mol. The maximum Gasteiger partial charge on any atom is 0.105 e. The van der Waals surface area contributed by atoms with Crippen molar-refractivity contribution >= 4 is 38.8 Å². The first-order chi connectivity index (χ1) is 8.66. The molecule has 0 radical (unpaired) electrons. The minimum atomic E-state index is 0.104. The molecule has 1 saturated heterocycles. The van der Waals surface area contributed by atoms with Crippen molar-refractivity contribution in [3.05, 3.63) is 28.2 Å². The highest BCUT2D eigenvalue weighted by Crippen LogP contribution is 2.21. The molecule has 1 unspecified atom stereocenters. The van der Waals surface area contributed by atoms with E-state index in [1.165, 1.54) is 0 Å². The van der Waals surface area contributed by atoms with Crippen LogP contribution in [0.5, 0.6) is 0 Å². The normalized spacial score (nSPS) is 19.5. The second-order valence-electron chi connectivity index (χ2n) is 4.01. The zero-order valence-corrected chi connectivity index (χ0v) is 12.2. The Kier molecular flexibility index (Phi) is 4.94. The third-order valence-corrected chi connectivity index (χ3v) is 3.53. The summed E-state index contributed by atoms with van der Waals surface area (Å²) >= 11 is 8.40. The van der Waals surface area contributed by atoms with E-state index in [0.717, 1.165) is 22.3 Å². The van der Waals surface area contributed by atoms with Crippen molar-refractivity contribution in [2.24, 2.45) is 5.73 Å². The Hall–Kier alpha value is -0.690. The van der Waals surface area contributed by atoms with Gasteiger partial charge in [0.25, 0.3) is 0 Å². The van der Waals surface area contributed by atoms with Gasteiger partial charge in [-0.3, -0.25) is 0 Å². The lowest BCUT2D eigenvalue weighted by Gasteiger charge is -2.23. The van der Waals surface area contributed by atoms with Gasteiger partial charge in [-0.15, -0.1) is 0 Å². The summed E-state index contributed by atoms with van der Waals surface area (Å²) < 4.78 is 11.8. The Labute approximate surface area is 120 Å². The van der Waals surface area contributed by atoms with Gasteiger partial charge in [0.1, 0.15) is 4.99 Å². The molecule has 1 heterocycles. The molecule has 1 aromatic rings. The lowest BCUT2D eigenvalue weighted by Crippen LogP contribution is -2.34. The van der Waals surface area contributed by atoms with Gasteiger partial charge in [0.15, 0.2) is 0 Å². The molecule has 0 saturated carbocycles. The van der Waals surface area contributed by atoms with Gasteiger partial charge >= 0.3 is 0 Å². The van der Waals surface area contributed by atoms with E-state index >= 15 is 0 Å². The summed E-state index contributed by atoms with van der Waals surface area (Å²) in [5, 5.41) is 3.30. The predicted octanol–water partition coefficient (Wildman–Crippen LogP) is 1.91. The van der Waals surface area contributed by atoms with Crippen molar-refractivity contribution in [1.82, 2.24) is 0 Å². The number of benzene rings is 1. The van der Waals surface area contributed by atoms with E-state index in [9.17, 15) is 0 Å². The van der Waals surface area contributed by atoms with E-state index in [2.05, 4.69) is 21.2 Å². The van der Waals surface area contributed by atoms with E-state index in [1.807, 2.05) is 18.2 Å². The lowest BCUT2D eigenvalue weighted by molar-refractivity contribution is -0.0818. The molecular formula is C12H15BrN2O2S. The number of nitrogens with one attached hydrogen (secondary N) is 1. The molecule has 1 aliphatic heterocycles. The van der Waals surface area contributed by atoms with Crippen LogP contribution in [0.15, 0.2) is 22.7 Å². The number of hydrogen-bond donors (Lipinski definition) is 2. The van der Waals surface area contributed by atoms with Crippen molar-refractivity contribution in [2.75, 3.05) is 31.7 Å². The minimum absolute atomic E-state index is 0.104. The number of thiocarbonyl (C=S) groups is 1. The Bertz CT molecular complexity index is 436. The van der Waals surface area contributed by atoms with E-state index in [1.54, 1.807) is 0 Å². The first-order valence-electron chi connectivity index (χ1n) is 5.69. The van der Waals surface area contributed by atoms with E-state index in [-0.39, 0.29) is 6.10 Å². The molecule has 0 bridgehead atoms. The summed E-state index contributed by atoms with van der Waals surface area (Å²) in [6.45, 7) is 2.71. The van der Waals surface area contributed by atoms with Crippen LogP contribution in [0.25, 0.3) is 0 Å². The van der Waals surface area contributed by atoms with Crippen molar-refractivity contribution in [1.29, 1.82) is 0 Å². The fourth-order valence-electron chi connectivity index (χ4n) is 1.71. The highest BCUT2D eigenvalue weighted by atomic mass is 79.9. The maximum absolute atomic E-state index is 5.60. The largest absolute Gasteiger partial charge is 0.389 e. The lowest BCUT2D eigenvalue weighted by atomic mass is 10.2. The highest BCUT2D eigenvalue weighted by Gasteiger charge is 2.14. The molecular weight excluding hydrogens is 316 g/mol. The van der Waals surface area contributed by atoms with Crippen LogP contribution in [0.3, 0.4) is 0 Å². The molecule has 0 aliphatic carbocycles. The van der Waals surface area contributed by atoms with Gasteiger partial charge in [0.05, 0.1) is 25.9 Å². The van der Waals surface area contributed by atoms with Gasteiger partial charge in [-0.05, 0) is 34.1 Å². The fourth-order valence-corrected chi connectivity index (χ4v) is 2.61. The van der Waals surface area contributed by atoms with Crippen LogP contribution in [0.2, 0.25) is 0 Å². The van der Waals surface area contributed by atoms with E-state index in [4.69, 9.17) is 27.4 Å². The summed E-state index contributed by atoms with van der Waals surface area (Å²) in [7, 11) is 0. The molecule has 0 spiro atoms. The number of nitrogens with two attached hydrogens (primary N) is 1. The van der Waals surface area contributed by atoms with Crippen molar-refractivity contribution in [3.8, 4) is 0 Å². The SMILES string of the molecule is NC(=S)c1ccc(NCC2COCCO2)cc1Br. The standard InChI is InChI=1S/C12H15BrN2O2S/c13-11-5-8(1-2-10(11)12(14)18)15-6-9-7-16-3-4-17-9/h1-2,5,9,15H,3-4,6-7H2,(H2,14,18). The number of ether oxygens (including phenoxy) is 2. The Balaban J connectivity index is 1.93. The second-order valence-corrected chi connectivity index (χ2v) is 5.30. The zero-order valence-electron chi connectivity index (χ0n) is 9.82. The third kappa shape index (κ3) is 3.65. The van der Waals surface area contributed by atoms with Gasteiger partial charge in [-0.2, -0.15) is 0 Å². The summed E-state index contributed by atoms with van der Waals surface area (Å²) in [5.74, 6) is 0. The molecule has 1 fully saturated rings. The zero-order chi connectivity index (χ0) is 13.0. The van der Waals surface area contributed by atoms with Crippen LogP contribution < -0.4 is 11.1 Å². The molecule has 0 aromatic heterocycles. The number of rotatable bonds is 4. The summed E-state index contributed by atoms with van der Waals surface area (Å²) in [6.07, 6.45) is 0.104. The van der Waals surface area contributed by atoms with Crippen LogP contribution in [-0.2, 0) is 9.47 Å². The van der Waals surface area contributed by atoms with Crippen LogP contribution in [0.1, 0.15) is 5.56 Å². The fraction of sp³-hybridized carbons (Fsp3) is 0.417. The summed E-state index contributed by atoms with van der Waals surface area (Å²) in [6, 6.07) is 5.80. The Morgan fingerprint density at radius 3 is 2.94 bits per heavy atom. The number of hydrogen-bond acceptors (Lipinski definition) is 4.